The summed E-state index contributed by atoms with van der Waals surface area (Å²) in [6.45, 7) is 6.33. The lowest BCUT2D eigenvalue weighted by Gasteiger charge is -2.31. The van der Waals surface area contributed by atoms with Crippen molar-refractivity contribution in [1.82, 2.24) is 10.2 Å². The van der Waals surface area contributed by atoms with Crippen molar-refractivity contribution in [3.05, 3.63) is 65.0 Å². The number of piperidine rings is 1. The van der Waals surface area contributed by atoms with Gasteiger partial charge in [-0.1, -0.05) is 25.5 Å². The summed E-state index contributed by atoms with van der Waals surface area (Å²) in [6.07, 6.45) is 3.57. The summed E-state index contributed by atoms with van der Waals surface area (Å²) in [6, 6.07) is 12.8. The lowest BCUT2D eigenvalue weighted by atomic mass is 9.95. The molecule has 5 nitrogen and oxygen atoms in total. The van der Waals surface area contributed by atoms with Crippen LogP contribution < -0.4 is 10.2 Å². The number of anilines is 1. The van der Waals surface area contributed by atoms with Gasteiger partial charge in [-0.3, -0.25) is 9.59 Å². The second-order valence-electron chi connectivity index (χ2n) is 8.69. The van der Waals surface area contributed by atoms with Crippen LogP contribution in [-0.4, -0.2) is 43.4 Å². The van der Waals surface area contributed by atoms with E-state index in [4.69, 9.17) is 0 Å². The highest BCUT2D eigenvalue weighted by molar-refractivity contribution is 5.94. The molecule has 0 spiro atoms. The van der Waals surface area contributed by atoms with E-state index in [1.54, 1.807) is 13.0 Å². The van der Waals surface area contributed by atoms with Crippen LogP contribution in [0.2, 0.25) is 0 Å². The Bertz CT molecular complexity index is 921. The minimum atomic E-state index is -0.260. The van der Waals surface area contributed by atoms with E-state index in [1.165, 1.54) is 6.07 Å². The number of unbranched alkanes of at least 4 members (excludes halogenated alkanes) is 1. The number of nitrogens with one attached hydrogen (secondary N) is 1. The van der Waals surface area contributed by atoms with E-state index in [1.807, 2.05) is 35.2 Å². The molecule has 1 aliphatic heterocycles. The molecule has 0 aliphatic carbocycles. The predicted molar refractivity (Wildman–Crippen MR) is 126 cm³/mol. The molecule has 0 atom stereocenters. The fourth-order valence-corrected chi connectivity index (χ4v) is 3.99. The van der Waals surface area contributed by atoms with E-state index in [0.29, 0.717) is 43.6 Å². The van der Waals surface area contributed by atoms with Gasteiger partial charge in [0.25, 0.3) is 5.91 Å². The molecule has 2 aromatic rings. The lowest BCUT2D eigenvalue weighted by molar-refractivity contribution is -0.126. The van der Waals surface area contributed by atoms with Crippen LogP contribution in [0.4, 0.5) is 10.1 Å². The van der Waals surface area contributed by atoms with Crippen LogP contribution in [-0.2, 0) is 11.3 Å². The molecule has 1 N–H and O–H groups in total. The van der Waals surface area contributed by atoms with Crippen LogP contribution in [0.3, 0.4) is 0 Å². The molecule has 0 aromatic heterocycles. The van der Waals surface area contributed by atoms with Crippen LogP contribution in [0.25, 0.3) is 0 Å². The zero-order chi connectivity index (χ0) is 23.1. The Kier molecular flexibility index (Phi) is 8.26. The summed E-state index contributed by atoms with van der Waals surface area (Å²) < 4.78 is 13.7. The van der Waals surface area contributed by atoms with Gasteiger partial charge in [-0.25, -0.2) is 4.39 Å². The number of aryl methyl sites for hydroxylation is 1. The SMILES string of the molecule is CCCCN(C)c1ccc(C(=O)N2CCC(C(=O)NCc3ccc(C)c(F)c3)CC2)cc1. The minimum Gasteiger partial charge on any atom is -0.375 e. The third-order valence-corrected chi connectivity index (χ3v) is 6.26. The van der Waals surface area contributed by atoms with E-state index < -0.39 is 0 Å². The Morgan fingerprint density at radius 3 is 2.44 bits per heavy atom. The van der Waals surface area contributed by atoms with Gasteiger partial charge in [-0.05, 0) is 67.6 Å². The molecule has 172 valence electrons. The van der Waals surface area contributed by atoms with Crippen molar-refractivity contribution >= 4 is 17.5 Å². The summed E-state index contributed by atoms with van der Waals surface area (Å²) in [4.78, 5) is 29.4. The van der Waals surface area contributed by atoms with Crippen molar-refractivity contribution in [2.24, 2.45) is 5.92 Å². The molecule has 3 rings (SSSR count). The zero-order valence-electron chi connectivity index (χ0n) is 19.4. The monoisotopic (exact) mass is 439 g/mol. The number of rotatable bonds is 8. The van der Waals surface area contributed by atoms with Crippen LogP contribution in [0.5, 0.6) is 0 Å². The maximum absolute atomic E-state index is 13.7. The van der Waals surface area contributed by atoms with Gasteiger partial charge in [0, 0.05) is 50.4 Å². The summed E-state index contributed by atoms with van der Waals surface area (Å²) in [5, 5.41) is 2.91. The van der Waals surface area contributed by atoms with E-state index in [0.717, 1.165) is 30.6 Å². The highest BCUT2D eigenvalue weighted by Crippen LogP contribution is 2.21. The average molecular weight is 440 g/mol. The quantitative estimate of drug-likeness (QED) is 0.657. The fourth-order valence-electron chi connectivity index (χ4n) is 3.99. The summed E-state index contributed by atoms with van der Waals surface area (Å²) in [5.74, 6) is -0.396. The average Bonchev–Trinajstić information content (AvgIpc) is 2.82. The van der Waals surface area contributed by atoms with Gasteiger partial charge in [0.2, 0.25) is 5.91 Å². The molecule has 2 aromatic carbocycles. The fraction of sp³-hybridized carbons (Fsp3) is 0.462. The molecule has 1 saturated heterocycles. The highest BCUT2D eigenvalue weighted by atomic mass is 19.1. The van der Waals surface area contributed by atoms with E-state index in [9.17, 15) is 14.0 Å². The number of carbonyl (C=O) groups is 2. The number of carbonyl (C=O) groups excluding carboxylic acids is 2. The van der Waals surface area contributed by atoms with E-state index in [-0.39, 0.29) is 23.5 Å². The van der Waals surface area contributed by atoms with Gasteiger partial charge in [0.15, 0.2) is 0 Å². The normalized spacial score (nSPS) is 14.3. The first kappa shape index (κ1) is 23.8. The van der Waals surface area contributed by atoms with Crippen LogP contribution in [0.15, 0.2) is 42.5 Å². The van der Waals surface area contributed by atoms with Gasteiger partial charge in [0.1, 0.15) is 5.82 Å². The molecule has 1 heterocycles. The lowest BCUT2D eigenvalue weighted by Crippen LogP contribution is -2.42. The number of hydrogen-bond acceptors (Lipinski definition) is 3. The Balaban J connectivity index is 1.47. The first-order valence-corrected chi connectivity index (χ1v) is 11.5. The molecule has 0 radical (unpaired) electrons. The van der Waals surface area contributed by atoms with Crippen molar-refractivity contribution < 1.29 is 14.0 Å². The highest BCUT2D eigenvalue weighted by Gasteiger charge is 2.27. The standard InChI is InChI=1S/C26H34FN3O2/c1-4-5-14-29(3)23-10-8-22(9-11-23)26(32)30-15-12-21(13-16-30)25(31)28-18-20-7-6-19(2)24(27)17-20/h6-11,17,21H,4-5,12-16,18H2,1-3H3,(H,28,31). The van der Waals surface area contributed by atoms with Crippen LogP contribution in [0.1, 0.15) is 54.1 Å². The number of likely N-dealkylation sites (tertiary alicyclic amines) is 1. The molecule has 1 fully saturated rings. The van der Waals surface area contributed by atoms with Gasteiger partial charge in [-0.15, -0.1) is 0 Å². The van der Waals surface area contributed by atoms with Crippen molar-refractivity contribution in [3.8, 4) is 0 Å². The largest absolute Gasteiger partial charge is 0.375 e. The summed E-state index contributed by atoms with van der Waals surface area (Å²) >= 11 is 0. The van der Waals surface area contributed by atoms with Crippen molar-refractivity contribution in [3.63, 3.8) is 0 Å². The van der Waals surface area contributed by atoms with Gasteiger partial charge >= 0.3 is 0 Å². The zero-order valence-corrected chi connectivity index (χ0v) is 19.4. The first-order valence-electron chi connectivity index (χ1n) is 11.5. The Morgan fingerprint density at radius 2 is 1.81 bits per heavy atom. The third kappa shape index (κ3) is 6.09. The molecular formula is C26H34FN3O2. The molecule has 0 bridgehead atoms. The summed E-state index contributed by atoms with van der Waals surface area (Å²) in [5.41, 5.74) is 3.13. The van der Waals surface area contributed by atoms with Crippen molar-refractivity contribution in [2.45, 2.75) is 46.1 Å². The topological polar surface area (TPSA) is 52.7 Å². The minimum absolute atomic E-state index is 0.0155. The number of halogens is 1. The summed E-state index contributed by atoms with van der Waals surface area (Å²) in [7, 11) is 2.07. The van der Waals surface area contributed by atoms with Gasteiger partial charge < -0.3 is 15.1 Å². The molecule has 0 saturated carbocycles. The third-order valence-electron chi connectivity index (χ3n) is 6.26. The van der Waals surface area contributed by atoms with Crippen molar-refractivity contribution in [2.75, 3.05) is 31.6 Å². The first-order chi connectivity index (χ1) is 15.4. The predicted octanol–water partition coefficient (Wildman–Crippen LogP) is 4.54. The second-order valence-corrected chi connectivity index (χ2v) is 8.69. The maximum Gasteiger partial charge on any atom is 0.253 e. The Labute approximate surface area is 190 Å². The smallest absolute Gasteiger partial charge is 0.253 e. The number of hydrogen-bond donors (Lipinski definition) is 1. The van der Waals surface area contributed by atoms with Crippen LogP contribution in [0, 0.1) is 18.7 Å². The number of benzene rings is 2. The van der Waals surface area contributed by atoms with Gasteiger partial charge in [-0.2, -0.15) is 0 Å². The molecule has 32 heavy (non-hydrogen) atoms. The number of nitrogens with zero attached hydrogens (tertiary/aromatic N) is 2. The molecular weight excluding hydrogens is 405 g/mol. The van der Waals surface area contributed by atoms with Crippen molar-refractivity contribution in [1.29, 1.82) is 0 Å². The number of amides is 2. The Morgan fingerprint density at radius 1 is 1.12 bits per heavy atom. The Hall–Kier alpha value is -2.89. The second kappa shape index (κ2) is 11.1. The van der Waals surface area contributed by atoms with E-state index in [2.05, 4.69) is 24.2 Å². The van der Waals surface area contributed by atoms with E-state index >= 15 is 0 Å². The van der Waals surface area contributed by atoms with Crippen LogP contribution >= 0.6 is 0 Å². The van der Waals surface area contributed by atoms with Gasteiger partial charge in [0.05, 0.1) is 0 Å². The molecule has 6 heteroatoms. The molecule has 2 amide bonds. The molecule has 0 unspecified atom stereocenters. The maximum atomic E-state index is 13.7. The molecule has 1 aliphatic rings.